The molecule has 70 heavy (non-hydrogen) atoms. The van der Waals surface area contributed by atoms with Crippen LogP contribution in [0, 0.1) is 11.8 Å². The number of anilines is 1. The summed E-state index contributed by atoms with van der Waals surface area (Å²) in [5.74, 6) is -1.65. The number of rotatable bonds is 12. The summed E-state index contributed by atoms with van der Waals surface area (Å²) in [5.41, 5.74) is 5.91. The molecule has 0 atom stereocenters. The van der Waals surface area contributed by atoms with Gasteiger partial charge in [-0.1, -0.05) is 11.6 Å². The van der Waals surface area contributed by atoms with Gasteiger partial charge in [0.05, 0.1) is 58.7 Å². The monoisotopic (exact) mass is 1020 g/mol. The van der Waals surface area contributed by atoms with Crippen LogP contribution in [-0.2, 0) is 34.0 Å². The molecule has 3 saturated heterocycles. The van der Waals surface area contributed by atoms with Gasteiger partial charge >= 0.3 is 18.2 Å². The van der Waals surface area contributed by atoms with E-state index < -0.39 is 29.5 Å². The van der Waals surface area contributed by atoms with Gasteiger partial charge < -0.3 is 49.6 Å². The number of piperazine rings is 1. The van der Waals surface area contributed by atoms with Gasteiger partial charge in [-0.15, -0.1) is 12.4 Å². The van der Waals surface area contributed by atoms with Crippen LogP contribution in [0.1, 0.15) is 66.0 Å². The van der Waals surface area contributed by atoms with Crippen LogP contribution in [0.15, 0.2) is 48.8 Å². The van der Waals surface area contributed by atoms with Gasteiger partial charge in [-0.25, -0.2) is 24.2 Å². The number of pyridine rings is 1. The van der Waals surface area contributed by atoms with Crippen LogP contribution in [0.25, 0.3) is 28.1 Å². The molecule has 0 aliphatic carbocycles. The number of benzene rings is 1. The summed E-state index contributed by atoms with van der Waals surface area (Å²) in [4.78, 5) is 81.9. The lowest BCUT2D eigenvalue weighted by atomic mass is 9.90. The Balaban J connectivity index is 0.00000722. The molecule has 4 amide bonds. The van der Waals surface area contributed by atoms with Crippen molar-refractivity contribution in [1.82, 2.24) is 44.0 Å². The number of halogens is 5. The van der Waals surface area contributed by atoms with E-state index >= 15 is 0 Å². The second-order valence-electron chi connectivity index (χ2n) is 19.1. The summed E-state index contributed by atoms with van der Waals surface area (Å²) in [6.45, 7) is 9.74. The summed E-state index contributed by atoms with van der Waals surface area (Å²) < 4.78 is 51.5. The quantitative estimate of drug-likeness (QED) is 0.0907. The van der Waals surface area contributed by atoms with E-state index in [1.165, 1.54) is 47.0 Å². The molecule has 5 aromatic rings. The number of hydrogen-bond donors (Lipinski definition) is 4. The highest BCUT2D eigenvalue weighted by Gasteiger charge is 2.45. The molecule has 3 aliphatic heterocycles. The van der Waals surface area contributed by atoms with Crippen LogP contribution in [0.2, 0.25) is 5.02 Å². The Labute approximate surface area is 412 Å². The number of carbonyl (C=O) groups excluding carboxylic acids is 4. The predicted octanol–water partition coefficient (Wildman–Crippen LogP) is 5.46. The van der Waals surface area contributed by atoms with E-state index in [0.717, 1.165) is 16.6 Å². The molecule has 0 unspecified atom stereocenters. The average molecular weight is 1020 g/mol. The van der Waals surface area contributed by atoms with Crippen molar-refractivity contribution in [2.24, 2.45) is 24.6 Å². The molecule has 8 rings (SSSR count). The van der Waals surface area contributed by atoms with Gasteiger partial charge in [0.1, 0.15) is 5.60 Å². The molecule has 1 aromatic carbocycles. The first kappa shape index (κ1) is 51.6. The number of aromatic nitrogens is 6. The van der Waals surface area contributed by atoms with Gasteiger partial charge in [-0.2, -0.15) is 18.3 Å². The fourth-order valence-corrected chi connectivity index (χ4v) is 9.81. The summed E-state index contributed by atoms with van der Waals surface area (Å²) >= 11 is 6.61. The Morgan fingerprint density at radius 2 is 1.67 bits per heavy atom. The number of esters is 1. The first-order valence-corrected chi connectivity index (χ1v) is 23.1. The smallest absolute Gasteiger partial charge is 0.435 e. The number of amides is 4. The van der Waals surface area contributed by atoms with Gasteiger partial charge in [0.15, 0.2) is 23.9 Å². The number of nitrogens with zero attached hydrogens (tertiary/aromatic N) is 9. The number of carbonyl (C=O) groups is 5. The van der Waals surface area contributed by atoms with Crippen molar-refractivity contribution in [3.63, 3.8) is 0 Å². The number of aromatic amines is 1. The highest BCUT2D eigenvalue weighted by molar-refractivity contribution is 6.34. The second-order valence-corrected chi connectivity index (χ2v) is 19.5. The maximum Gasteiger partial charge on any atom is 0.435 e. The first-order chi connectivity index (χ1) is 32.6. The lowest BCUT2D eigenvalue weighted by Gasteiger charge is -2.48. The number of nitrogens with one attached hydrogen (secondary N) is 2. The summed E-state index contributed by atoms with van der Waals surface area (Å²) in [5, 5.41) is 15.9. The van der Waals surface area contributed by atoms with Crippen LogP contribution in [0.4, 0.5) is 23.7 Å². The number of nitrogens with two attached hydrogens (primary N) is 1. The lowest BCUT2D eigenvalue weighted by molar-refractivity contribution is -0.930. The number of carboxylic acid groups (broad SMARTS) is 1. The van der Waals surface area contributed by atoms with E-state index in [-0.39, 0.29) is 101 Å². The minimum atomic E-state index is -4.86. The van der Waals surface area contributed by atoms with Crippen LogP contribution in [0.3, 0.4) is 0 Å². The summed E-state index contributed by atoms with van der Waals surface area (Å²) in [6, 6.07) is 9.35. The zero-order valence-corrected chi connectivity index (χ0v) is 40.7. The fourth-order valence-electron chi connectivity index (χ4n) is 9.55. The van der Waals surface area contributed by atoms with E-state index in [1.807, 2.05) is 20.8 Å². The number of fused-ring (bicyclic) bond motifs is 1. The largest absolute Gasteiger partial charge is 0.465 e. The van der Waals surface area contributed by atoms with Gasteiger partial charge in [0.25, 0.3) is 11.8 Å². The fraction of sp³-hybridized carbons (Fsp3) is 0.478. The Hall–Kier alpha value is -6.23. The standard InChI is InChI=1S/C46H54ClF3N12O7.ClH/c1-45(2,3)69-38(63)26-62(25-27-22-60(23-27)44(67)68)17-10-28(11-18-62)42(65)58-13-15-59(16-14-58)43(66)31-6-5-29(19-33(31)47)54-41(64)40-52-21-36(57(40)4)32-24-61(56-39(32)46(48,49)50)37-8-7-34-35(55-37)20-30(53-34)9-12-51;/h5-8,19-21,24,27-28H,9-18,22-23,25-26,51H2,1-4H3,(H2-,53,54,55,64,66,67,68);1H/p+1. The molecule has 4 aromatic heterocycles. The summed E-state index contributed by atoms with van der Waals surface area (Å²) in [7, 11) is 1.41. The minimum Gasteiger partial charge on any atom is -0.465 e. The van der Waals surface area contributed by atoms with E-state index in [2.05, 4.69) is 25.4 Å². The highest BCUT2D eigenvalue weighted by atomic mass is 35.5. The van der Waals surface area contributed by atoms with Crippen molar-refractivity contribution in [2.75, 3.05) is 77.3 Å². The molecule has 19 nitrogen and oxygen atoms in total. The third-order valence-electron chi connectivity index (χ3n) is 13.0. The maximum atomic E-state index is 14.4. The zero-order chi connectivity index (χ0) is 49.6. The SMILES string of the molecule is Cl.Cn1c(-c2cn(-c3ccc4[nH]c(CCN)cc4n3)nc2C(F)(F)F)cnc1C(=O)Nc1ccc(C(=O)N2CCN(C(=O)C3CC[N+](CC(=O)OC(C)(C)C)(CC4CN(C(=O)O)C4)CC3)CC2)c(Cl)c1. The number of hydrogen-bond acceptors (Lipinski definition) is 10. The number of H-pyrrole nitrogens is 1. The van der Waals surface area contributed by atoms with Gasteiger partial charge in [0.2, 0.25) is 5.91 Å². The third-order valence-corrected chi connectivity index (χ3v) is 13.3. The Morgan fingerprint density at radius 1 is 0.986 bits per heavy atom. The first-order valence-electron chi connectivity index (χ1n) is 22.7. The molecule has 0 spiro atoms. The average Bonchev–Trinajstić information content (AvgIpc) is 4.00. The third kappa shape index (κ3) is 11.2. The molecular formula is C46H56Cl2F3N12O7+. The van der Waals surface area contributed by atoms with E-state index in [0.29, 0.717) is 87.1 Å². The molecule has 0 saturated carbocycles. The molecule has 3 fully saturated rings. The number of ether oxygens (including phenoxy) is 1. The number of piperidine rings is 1. The highest BCUT2D eigenvalue weighted by Crippen LogP contribution is 2.37. The van der Waals surface area contributed by atoms with Crippen LogP contribution in [-0.4, -0.2) is 161 Å². The number of alkyl halides is 3. The molecule has 24 heteroatoms. The van der Waals surface area contributed by atoms with Crippen molar-refractivity contribution in [2.45, 2.75) is 51.8 Å². The van der Waals surface area contributed by atoms with Gasteiger partial charge in [-0.05, 0) is 70.1 Å². The topological polar surface area (TPSA) is 227 Å². The molecule has 5 N–H and O–H groups in total. The van der Waals surface area contributed by atoms with Crippen molar-refractivity contribution in [3.05, 3.63) is 76.6 Å². The van der Waals surface area contributed by atoms with Crippen LogP contribution >= 0.6 is 24.0 Å². The van der Waals surface area contributed by atoms with Crippen molar-refractivity contribution >= 4 is 70.5 Å². The normalized spacial score (nSPS) is 18.9. The molecule has 7 heterocycles. The van der Waals surface area contributed by atoms with Crippen molar-refractivity contribution in [3.8, 4) is 17.1 Å². The number of imidazole rings is 1. The van der Waals surface area contributed by atoms with Gasteiger partial charge in [-0.3, -0.25) is 14.4 Å². The lowest BCUT2D eigenvalue weighted by Crippen LogP contribution is -2.64. The van der Waals surface area contributed by atoms with Crippen molar-refractivity contribution < 1.29 is 51.5 Å². The summed E-state index contributed by atoms with van der Waals surface area (Å²) in [6.07, 6.45) is -1.79. The molecular weight excluding hydrogens is 960 g/mol. The maximum absolute atomic E-state index is 14.4. The Kier molecular flexibility index (Phi) is 14.9. The van der Waals surface area contributed by atoms with Crippen LogP contribution < -0.4 is 11.1 Å². The second kappa shape index (κ2) is 20.2. The molecule has 0 radical (unpaired) electrons. The van der Waals surface area contributed by atoms with Gasteiger partial charge in [0, 0.05) is 88.6 Å². The number of quaternary nitrogens is 1. The predicted molar refractivity (Wildman–Crippen MR) is 254 cm³/mol. The van der Waals surface area contributed by atoms with E-state index in [9.17, 15) is 42.3 Å². The Morgan fingerprint density at radius 3 is 2.30 bits per heavy atom. The molecule has 0 bridgehead atoms. The van der Waals surface area contributed by atoms with E-state index in [1.54, 1.807) is 21.9 Å². The minimum absolute atomic E-state index is 0. The zero-order valence-electron chi connectivity index (χ0n) is 39.1. The van der Waals surface area contributed by atoms with E-state index in [4.69, 9.17) is 22.1 Å². The Bertz CT molecular complexity index is 2780. The number of likely N-dealkylation sites (tertiary alicyclic amines) is 2. The van der Waals surface area contributed by atoms with Crippen molar-refractivity contribution in [1.29, 1.82) is 0 Å². The van der Waals surface area contributed by atoms with Crippen LogP contribution in [0.5, 0.6) is 0 Å². The molecule has 3 aliphatic rings. The molecule has 376 valence electrons.